The average Bonchev–Trinajstić information content (AvgIpc) is 2.91. The maximum Gasteiger partial charge on any atom is 0.325 e. The first-order valence-electron chi connectivity index (χ1n) is 8.01. The predicted octanol–water partition coefficient (Wildman–Crippen LogP) is 4.54. The Balaban J connectivity index is 2.21. The van der Waals surface area contributed by atoms with Gasteiger partial charge in [-0.15, -0.1) is 0 Å². The van der Waals surface area contributed by atoms with Gasteiger partial charge in [0.1, 0.15) is 6.54 Å². The van der Waals surface area contributed by atoms with Crippen molar-refractivity contribution in [3.8, 4) is 0 Å². The minimum atomic E-state index is -0.487. The lowest BCUT2D eigenvalue weighted by atomic mass is 10.1. The standard InChI is InChI=1S/C19H16Cl2N2O3S/c1-10-4-11(2)17-15(5-10)23(9-16(24)26-3)19(27-17)22-18(25)12-6-13(20)8-14(21)7-12/h4-8H,9H2,1-3H3. The number of aryl methyl sites for hydroxylation is 2. The monoisotopic (exact) mass is 422 g/mol. The van der Waals surface area contributed by atoms with Crippen molar-refractivity contribution in [1.29, 1.82) is 0 Å². The van der Waals surface area contributed by atoms with Gasteiger partial charge in [0.25, 0.3) is 5.91 Å². The van der Waals surface area contributed by atoms with Crippen LogP contribution in [0.5, 0.6) is 0 Å². The summed E-state index contributed by atoms with van der Waals surface area (Å²) in [5, 5.41) is 0.706. The molecule has 0 fully saturated rings. The molecule has 2 aromatic carbocycles. The molecule has 1 aromatic heterocycles. The van der Waals surface area contributed by atoms with Crippen LogP contribution in [-0.2, 0) is 16.1 Å². The minimum absolute atomic E-state index is 0.0399. The molecule has 0 saturated heterocycles. The first-order valence-corrected chi connectivity index (χ1v) is 9.58. The smallest absolute Gasteiger partial charge is 0.325 e. The third-order valence-corrected chi connectivity index (χ3v) is 5.60. The lowest BCUT2D eigenvalue weighted by molar-refractivity contribution is -0.141. The number of carbonyl (C=O) groups is 2. The summed E-state index contributed by atoms with van der Waals surface area (Å²) >= 11 is 13.3. The second-order valence-electron chi connectivity index (χ2n) is 6.05. The second-order valence-corrected chi connectivity index (χ2v) is 7.90. The Morgan fingerprint density at radius 1 is 1.11 bits per heavy atom. The minimum Gasteiger partial charge on any atom is -0.468 e. The number of fused-ring (bicyclic) bond motifs is 1. The molecule has 1 heterocycles. The quantitative estimate of drug-likeness (QED) is 0.581. The number of methoxy groups -OCH3 is 1. The van der Waals surface area contributed by atoms with Gasteiger partial charge in [0.05, 0.1) is 17.3 Å². The first-order chi connectivity index (χ1) is 12.8. The van der Waals surface area contributed by atoms with Gasteiger partial charge in [-0.25, -0.2) is 0 Å². The van der Waals surface area contributed by atoms with E-state index in [1.54, 1.807) is 10.6 Å². The summed E-state index contributed by atoms with van der Waals surface area (Å²) in [4.78, 5) is 29.2. The van der Waals surface area contributed by atoms with Gasteiger partial charge in [-0.1, -0.05) is 40.6 Å². The topological polar surface area (TPSA) is 60.7 Å². The van der Waals surface area contributed by atoms with Gasteiger partial charge in [-0.2, -0.15) is 4.99 Å². The molecule has 0 atom stereocenters. The number of hydrogen-bond donors (Lipinski definition) is 0. The lowest BCUT2D eigenvalue weighted by Gasteiger charge is -2.05. The highest BCUT2D eigenvalue weighted by Gasteiger charge is 2.14. The summed E-state index contributed by atoms with van der Waals surface area (Å²) in [5.74, 6) is -0.910. The Morgan fingerprint density at radius 3 is 2.41 bits per heavy atom. The Bertz CT molecular complexity index is 1110. The molecule has 0 aliphatic carbocycles. The molecule has 3 aromatic rings. The molecule has 0 N–H and O–H groups in total. The Hall–Kier alpha value is -2.15. The number of thiazole rings is 1. The number of carbonyl (C=O) groups excluding carboxylic acids is 2. The van der Waals surface area contributed by atoms with Gasteiger partial charge in [-0.05, 0) is 49.2 Å². The molecule has 1 amide bonds. The number of amides is 1. The fraction of sp³-hybridized carbons (Fsp3) is 0.211. The van der Waals surface area contributed by atoms with E-state index in [4.69, 9.17) is 27.9 Å². The number of esters is 1. The molecule has 8 heteroatoms. The molecule has 140 valence electrons. The van der Waals surface area contributed by atoms with Crippen molar-refractivity contribution < 1.29 is 14.3 Å². The molecular weight excluding hydrogens is 407 g/mol. The number of aromatic nitrogens is 1. The molecule has 27 heavy (non-hydrogen) atoms. The molecule has 0 saturated carbocycles. The summed E-state index contributed by atoms with van der Waals surface area (Å²) < 4.78 is 7.44. The first kappa shape index (κ1) is 19.6. The average molecular weight is 423 g/mol. The zero-order valence-corrected chi connectivity index (χ0v) is 17.2. The highest BCUT2D eigenvalue weighted by atomic mass is 35.5. The van der Waals surface area contributed by atoms with Gasteiger partial charge >= 0.3 is 5.97 Å². The van der Waals surface area contributed by atoms with E-state index in [-0.39, 0.29) is 12.1 Å². The molecule has 3 rings (SSSR count). The summed E-state index contributed by atoms with van der Waals surface area (Å²) in [6, 6.07) is 8.56. The SMILES string of the molecule is COC(=O)Cn1c(=NC(=O)c2cc(Cl)cc(Cl)c2)sc2c(C)cc(C)cc21. The van der Waals surface area contributed by atoms with Crippen LogP contribution in [-0.4, -0.2) is 23.6 Å². The van der Waals surface area contributed by atoms with Gasteiger partial charge in [0.2, 0.25) is 0 Å². The van der Waals surface area contributed by atoms with Crippen LogP contribution in [0.3, 0.4) is 0 Å². The summed E-state index contributed by atoms with van der Waals surface area (Å²) in [6.07, 6.45) is 0. The van der Waals surface area contributed by atoms with Crippen molar-refractivity contribution in [1.82, 2.24) is 4.57 Å². The van der Waals surface area contributed by atoms with Crippen LogP contribution in [0.1, 0.15) is 21.5 Å². The van der Waals surface area contributed by atoms with E-state index in [0.29, 0.717) is 14.8 Å². The van der Waals surface area contributed by atoms with Crippen molar-refractivity contribution in [3.05, 3.63) is 61.9 Å². The molecule has 0 bridgehead atoms. The van der Waals surface area contributed by atoms with Crippen LogP contribution in [0.25, 0.3) is 10.2 Å². The number of rotatable bonds is 3. The van der Waals surface area contributed by atoms with Crippen molar-refractivity contribution in [3.63, 3.8) is 0 Å². The van der Waals surface area contributed by atoms with Crippen molar-refractivity contribution in [2.24, 2.45) is 4.99 Å². The van der Waals surface area contributed by atoms with E-state index in [1.807, 2.05) is 26.0 Å². The highest BCUT2D eigenvalue weighted by Crippen LogP contribution is 2.24. The number of nitrogens with zero attached hydrogens (tertiary/aromatic N) is 2. The maximum atomic E-state index is 12.6. The van der Waals surface area contributed by atoms with Gasteiger partial charge in [-0.3, -0.25) is 9.59 Å². The number of halogens is 2. The molecule has 0 unspecified atom stereocenters. The second kappa shape index (κ2) is 7.84. The molecular formula is C19H16Cl2N2O3S. The summed E-state index contributed by atoms with van der Waals surface area (Å²) in [6.45, 7) is 3.92. The number of benzene rings is 2. The molecule has 0 radical (unpaired) electrons. The van der Waals surface area contributed by atoms with Crippen molar-refractivity contribution in [2.45, 2.75) is 20.4 Å². The maximum absolute atomic E-state index is 12.6. The van der Waals surface area contributed by atoms with Crippen LogP contribution < -0.4 is 4.80 Å². The molecule has 5 nitrogen and oxygen atoms in total. The van der Waals surface area contributed by atoms with E-state index in [2.05, 4.69) is 4.99 Å². The predicted molar refractivity (Wildman–Crippen MR) is 108 cm³/mol. The van der Waals surface area contributed by atoms with Crippen LogP contribution in [0.4, 0.5) is 0 Å². The van der Waals surface area contributed by atoms with Gasteiger partial charge in [0.15, 0.2) is 4.80 Å². The van der Waals surface area contributed by atoms with E-state index in [0.717, 1.165) is 21.3 Å². The molecule has 0 spiro atoms. The highest BCUT2D eigenvalue weighted by molar-refractivity contribution is 7.16. The third-order valence-electron chi connectivity index (χ3n) is 3.94. The Kier molecular flexibility index (Phi) is 5.69. The van der Waals surface area contributed by atoms with E-state index in [9.17, 15) is 9.59 Å². The number of ether oxygens (including phenoxy) is 1. The van der Waals surface area contributed by atoms with E-state index < -0.39 is 11.9 Å². The van der Waals surface area contributed by atoms with E-state index in [1.165, 1.54) is 30.6 Å². The normalized spacial score (nSPS) is 11.8. The fourth-order valence-electron chi connectivity index (χ4n) is 2.77. The zero-order valence-electron chi connectivity index (χ0n) is 14.9. The fourth-order valence-corrected chi connectivity index (χ4v) is 4.38. The lowest BCUT2D eigenvalue weighted by Crippen LogP contribution is -2.22. The van der Waals surface area contributed by atoms with Gasteiger partial charge in [0, 0.05) is 15.6 Å². The zero-order chi connectivity index (χ0) is 19.7. The summed E-state index contributed by atoms with van der Waals surface area (Å²) in [7, 11) is 1.32. The van der Waals surface area contributed by atoms with Crippen LogP contribution in [0.15, 0.2) is 35.3 Å². The largest absolute Gasteiger partial charge is 0.468 e. The summed E-state index contributed by atoms with van der Waals surface area (Å²) in [5.41, 5.74) is 3.21. The van der Waals surface area contributed by atoms with Crippen LogP contribution >= 0.6 is 34.5 Å². The number of hydrogen-bond acceptors (Lipinski definition) is 4. The Labute approximate surface area is 169 Å². The van der Waals surface area contributed by atoms with E-state index >= 15 is 0 Å². The molecule has 0 aliphatic heterocycles. The van der Waals surface area contributed by atoms with Crippen LogP contribution in [0.2, 0.25) is 10.0 Å². The molecule has 0 aliphatic rings. The van der Waals surface area contributed by atoms with Crippen molar-refractivity contribution >= 4 is 56.6 Å². The van der Waals surface area contributed by atoms with Crippen molar-refractivity contribution in [2.75, 3.05) is 7.11 Å². The Morgan fingerprint density at radius 2 is 1.78 bits per heavy atom. The van der Waals surface area contributed by atoms with Gasteiger partial charge < -0.3 is 9.30 Å². The third kappa shape index (κ3) is 4.24. The van der Waals surface area contributed by atoms with Crippen LogP contribution in [0, 0.1) is 13.8 Å².